The molecule has 0 amide bonds. The quantitative estimate of drug-likeness (QED) is 0.370. The minimum absolute atomic E-state index is 0.0671. The molecule has 0 saturated heterocycles. The molecule has 0 bridgehead atoms. The van der Waals surface area contributed by atoms with Crippen LogP contribution in [-0.4, -0.2) is 15.5 Å². The van der Waals surface area contributed by atoms with Crippen molar-refractivity contribution in [3.63, 3.8) is 0 Å². The van der Waals surface area contributed by atoms with E-state index in [1.165, 1.54) is 6.07 Å². The van der Waals surface area contributed by atoms with E-state index >= 15 is 0 Å². The average Bonchev–Trinajstić information content (AvgIpc) is 2.75. The van der Waals surface area contributed by atoms with Gasteiger partial charge in [0.05, 0.1) is 16.6 Å². The number of carbonyl (C=O) groups excluding carboxylic acids is 1. The molecule has 0 atom stereocenters. The molecule has 0 spiro atoms. The third-order valence-corrected chi connectivity index (χ3v) is 5.54. The van der Waals surface area contributed by atoms with Gasteiger partial charge in [0, 0.05) is 23.6 Å². The number of aryl methyl sites for hydroxylation is 4. The molecular weight excluding hydrogens is 396 g/mol. The summed E-state index contributed by atoms with van der Waals surface area (Å²) in [6, 6.07) is 10.1. The molecule has 0 fully saturated rings. The van der Waals surface area contributed by atoms with Crippen LogP contribution in [0, 0.1) is 20.8 Å². The van der Waals surface area contributed by atoms with Crippen LogP contribution >= 0.6 is 0 Å². The van der Waals surface area contributed by atoms with Crippen LogP contribution in [0.1, 0.15) is 39.7 Å². The molecule has 2 aromatic heterocycles. The van der Waals surface area contributed by atoms with Gasteiger partial charge in [-0.15, -0.1) is 0 Å². The molecule has 7 nitrogen and oxygen atoms in total. The lowest BCUT2D eigenvalue weighted by molar-refractivity contribution is 0.0474. The Morgan fingerprint density at radius 3 is 2.61 bits per heavy atom. The number of ether oxygens (including phenoxy) is 1. The maximum Gasteiger partial charge on any atom is 0.338 e. The smallest absolute Gasteiger partial charge is 0.338 e. The fourth-order valence-electron chi connectivity index (χ4n) is 3.69. The van der Waals surface area contributed by atoms with E-state index in [2.05, 4.69) is 4.98 Å². The lowest BCUT2D eigenvalue weighted by Gasteiger charge is -2.11. The summed E-state index contributed by atoms with van der Waals surface area (Å²) in [5, 5.41) is 0.735. The number of esters is 1. The molecule has 0 radical (unpaired) electrons. The number of nitrogens with zero attached hydrogens (tertiary/aromatic N) is 2. The minimum atomic E-state index is -0.541. The Labute approximate surface area is 177 Å². The Kier molecular flexibility index (Phi) is 5.19. The summed E-state index contributed by atoms with van der Waals surface area (Å²) >= 11 is 0. The molecule has 4 aromatic rings. The van der Waals surface area contributed by atoms with Gasteiger partial charge in [0.15, 0.2) is 0 Å². The fourth-order valence-corrected chi connectivity index (χ4v) is 3.69. The van der Waals surface area contributed by atoms with Crippen LogP contribution < -0.4 is 11.2 Å². The SMILES string of the molecule is CCn1c(=O)c(C)nc2cc(C(=O)OCc3cc(=O)oc4c(C)c(C)ccc34)ccc21. The zero-order valence-electron chi connectivity index (χ0n) is 17.8. The van der Waals surface area contributed by atoms with Gasteiger partial charge in [-0.2, -0.15) is 0 Å². The van der Waals surface area contributed by atoms with Gasteiger partial charge >= 0.3 is 11.6 Å². The van der Waals surface area contributed by atoms with Gasteiger partial charge in [-0.25, -0.2) is 14.6 Å². The van der Waals surface area contributed by atoms with Crippen molar-refractivity contribution in [1.82, 2.24) is 9.55 Å². The fraction of sp³-hybridized carbons (Fsp3) is 0.250. The van der Waals surface area contributed by atoms with Gasteiger partial charge in [0.1, 0.15) is 17.9 Å². The predicted octanol–water partition coefficient (Wildman–Crippen LogP) is 3.81. The molecule has 2 aromatic carbocycles. The molecule has 31 heavy (non-hydrogen) atoms. The molecule has 7 heteroatoms. The number of benzene rings is 2. The molecule has 4 rings (SSSR count). The first-order chi connectivity index (χ1) is 14.8. The highest BCUT2D eigenvalue weighted by molar-refractivity contribution is 5.93. The first-order valence-electron chi connectivity index (χ1n) is 10.0. The highest BCUT2D eigenvalue weighted by atomic mass is 16.5. The van der Waals surface area contributed by atoms with Crippen LogP contribution in [0.25, 0.3) is 22.0 Å². The van der Waals surface area contributed by atoms with Crippen LogP contribution in [0.2, 0.25) is 0 Å². The van der Waals surface area contributed by atoms with E-state index in [1.807, 2.05) is 32.9 Å². The van der Waals surface area contributed by atoms with Crippen molar-refractivity contribution in [2.75, 3.05) is 0 Å². The molecule has 0 aliphatic rings. The highest BCUT2D eigenvalue weighted by Gasteiger charge is 2.15. The molecule has 158 valence electrons. The van der Waals surface area contributed by atoms with Gasteiger partial charge < -0.3 is 13.7 Å². The Morgan fingerprint density at radius 1 is 1.10 bits per heavy atom. The summed E-state index contributed by atoms with van der Waals surface area (Å²) in [4.78, 5) is 41.3. The summed E-state index contributed by atoms with van der Waals surface area (Å²) in [6.45, 7) is 7.79. The first kappa shape index (κ1) is 20.5. The number of hydrogen-bond acceptors (Lipinski definition) is 6. The summed E-state index contributed by atoms with van der Waals surface area (Å²) in [5.41, 5.74) is 4.22. The summed E-state index contributed by atoms with van der Waals surface area (Å²) < 4.78 is 12.5. The first-order valence-corrected chi connectivity index (χ1v) is 10.0. The number of fused-ring (bicyclic) bond motifs is 2. The average molecular weight is 418 g/mol. The molecule has 0 aliphatic heterocycles. The maximum absolute atomic E-state index is 12.7. The van der Waals surface area contributed by atoms with E-state index in [0.29, 0.717) is 40.0 Å². The van der Waals surface area contributed by atoms with Gasteiger partial charge in [0.25, 0.3) is 5.56 Å². The maximum atomic E-state index is 12.7. The van der Waals surface area contributed by atoms with Crippen molar-refractivity contribution in [2.45, 2.75) is 40.8 Å². The van der Waals surface area contributed by atoms with Crippen LogP contribution in [0.15, 0.2) is 50.4 Å². The van der Waals surface area contributed by atoms with Crippen LogP contribution in [0.4, 0.5) is 0 Å². The van der Waals surface area contributed by atoms with Gasteiger partial charge in [-0.05, 0) is 57.0 Å². The zero-order chi connectivity index (χ0) is 22.3. The van der Waals surface area contributed by atoms with Gasteiger partial charge in [-0.1, -0.05) is 12.1 Å². The van der Waals surface area contributed by atoms with Crippen molar-refractivity contribution in [3.05, 3.63) is 85.1 Å². The van der Waals surface area contributed by atoms with E-state index < -0.39 is 11.6 Å². The zero-order valence-corrected chi connectivity index (χ0v) is 17.8. The predicted molar refractivity (Wildman–Crippen MR) is 117 cm³/mol. The number of aromatic nitrogens is 2. The minimum Gasteiger partial charge on any atom is -0.457 e. The largest absolute Gasteiger partial charge is 0.457 e. The van der Waals surface area contributed by atoms with Crippen LogP contribution in [0.5, 0.6) is 0 Å². The van der Waals surface area contributed by atoms with E-state index in [9.17, 15) is 14.4 Å². The molecule has 0 saturated carbocycles. The monoisotopic (exact) mass is 418 g/mol. The Bertz CT molecular complexity index is 1460. The molecule has 2 heterocycles. The van der Waals surface area contributed by atoms with Crippen molar-refractivity contribution in [1.29, 1.82) is 0 Å². The molecular formula is C24H22N2O5. The molecule has 0 aliphatic carbocycles. The summed E-state index contributed by atoms with van der Waals surface area (Å²) in [7, 11) is 0. The van der Waals surface area contributed by atoms with Crippen molar-refractivity contribution in [2.24, 2.45) is 0 Å². The Morgan fingerprint density at radius 2 is 1.87 bits per heavy atom. The standard InChI is InChI=1S/C24H22N2O5/c1-5-26-20-9-7-16(10-19(20)25-15(4)23(26)28)24(29)30-12-17-11-21(27)31-22-14(3)13(2)6-8-18(17)22/h6-11H,5,12H2,1-4H3. The molecule has 0 unspecified atom stereocenters. The summed E-state index contributed by atoms with van der Waals surface area (Å²) in [6.07, 6.45) is 0. The second-order valence-electron chi connectivity index (χ2n) is 7.50. The van der Waals surface area contributed by atoms with E-state index in [1.54, 1.807) is 29.7 Å². The number of hydrogen-bond donors (Lipinski definition) is 0. The normalized spacial score (nSPS) is 11.2. The van der Waals surface area contributed by atoms with E-state index in [-0.39, 0.29) is 12.2 Å². The third kappa shape index (κ3) is 3.63. The highest BCUT2D eigenvalue weighted by Crippen LogP contribution is 2.24. The van der Waals surface area contributed by atoms with Crippen molar-refractivity contribution in [3.8, 4) is 0 Å². The van der Waals surface area contributed by atoms with E-state index in [0.717, 1.165) is 16.5 Å². The van der Waals surface area contributed by atoms with Gasteiger partial charge in [-0.3, -0.25) is 4.79 Å². The Hall–Kier alpha value is -3.74. The van der Waals surface area contributed by atoms with Crippen molar-refractivity contribution < 1.29 is 13.9 Å². The van der Waals surface area contributed by atoms with Crippen LogP contribution in [0.3, 0.4) is 0 Å². The van der Waals surface area contributed by atoms with Crippen molar-refractivity contribution >= 4 is 28.0 Å². The van der Waals surface area contributed by atoms with Crippen LogP contribution in [-0.2, 0) is 17.9 Å². The van der Waals surface area contributed by atoms with E-state index in [4.69, 9.17) is 9.15 Å². The van der Waals surface area contributed by atoms with Gasteiger partial charge in [0.2, 0.25) is 0 Å². The lowest BCUT2D eigenvalue weighted by Crippen LogP contribution is -2.23. The molecule has 0 N–H and O–H groups in total. The second-order valence-corrected chi connectivity index (χ2v) is 7.50. The number of rotatable bonds is 4. The summed E-state index contributed by atoms with van der Waals surface area (Å²) in [5.74, 6) is -0.541. The third-order valence-electron chi connectivity index (χ3n) is 5.54. The second kappa shape index (κ2) is 7.83. The topological polar surface area (TPSA) is 91.4 Å². The number of carbonyl (C=O) groups is 1. The lowest BCUT2D eigenvalue weighted by atomic mass is 10.0. The Balaban J connectivity index is 1.66.